The van der Waals surface area contributed by atoms with E-state index in [1.54, 1.807) is 0 Å². The highest BCUT2D eigenvalue weighted by atomic mass is 16.6. The predicted molar refractivity (Wildman–Crippen MR) is 71.3 cm³/mol. The Balaban J connectivity index is 2.01. The lowest BCUT2D eigenvalue weighted by atomic mass is 10.1. The minimum Gasteiger partial charge on any atom is -0.444 e. The number of rotatable bonds is 3. The maximum atomic E-state index is 12.3. The summed E-state index contributed by atoms with van der Waals surface area (Å²) in [5.41, 5.74) is 5.60. The molecule has 0 spiro atoms. The lowest BCUT2D eigenvalue weighted by molar-refractivity contribution is 0.0145. The van der Waals surface area contributed by atoms with Crippen molar-refractivity contribution in [3.8, 4) is 0 Å². The fourth-order valence-corrected chi connectivity index (χ4v) is 2.54. The van der Waals surface area contributed by atoms with Gasteiger partial charge in [0, 0.05) is 18.1 Å². The highest BCUT2D eigenvalue weighted by molar-refractivity contribution is 5.69. The highest BCUT2D eigenvalue weighted by Gasteiger charge is 2.43. The summed E-state index contributed by atoms with van der Waals surface area (Å²) in [5.74, 6) is 0. The number of amides is 1. The smallest absolute Gasteiger partial charge is 0.410 e. The van der Waals surface area contributed by atoms with Gasteiger partial charge in [0.2, 0.25) is 0 Å². The van der Waals surface area contributed by atoms with Gasteiger partial charge in [0.1, 0.15) is 5.60 Å². The second-order valence-corrected chi connectivity index (χ2v) is 6.91. The molecule has 0 saturated heterocycles. The minimum atomic E-state index is -0.431. The Kier molecular flexibility index (Phi) is 3.58. The average Bonchev–Trinajstić information content (AvgIpc) is 2.78. The molecule has 2 aliphatic carbocycles. The van der Waals surface area contributed by atoms with Crippen molar-refractivity contribution in [3.63, 3.8) is 0 Å². The molecule has 2 N–H and O–H groups in total. The zero-order valence-corrected chi connectivity index (χ0v) is 11.9. The first-order chi connectivity index (χ1) is 8.29. The molecule has 2 aliphatic rings. The molecule has 0 heterocycles. The van der Waals surface area contributed by atoms with E-state index >= 15 is 0 Å². The monoisotopic (exact) mass is 254 g/mol. The van der Waals surface area contributed by atoms with Crippen LogP contribution in [0.2, 0.25) is 0 Å². The lowest BCUT2D eigenvalue weighted by Crippen LogP contribution is -2.49. The number of carbonyl (C=O) groups excluding carboxylic acids is 1. The molecule has 2 fully saturated rings. The predicted octanol–water partition coefficient (Wildman–Crippen LogP) is 2.66. The fourth-order valence-electron chi connectivity index (χ4n) is 2.54. The SMILES string of the molecule is CC(C)(C)OC(=O)N(CC1(N)CC1)C1CCCC1. The van der Waals surface area contributed by atoms with E-state index in [4.69, 9.17) is 10.5 Å². The Bertz CT molecular complexity index is 312. The summed E-state index contributed by atoms with van der Waals surface area (Å²) in [4.78, 5) is 14.2. The number of nitrogens with zero attached hydrogens (tertiary/aromatic N) is 1. The maximum Gasteiger partial charge on any atom is 0.410 e. The third-order valence-corrected chi connectivity index (χ3v) is 3.77. The van der Waals surface area contributed by atoms with Crippen molar-refractivity contribution in [1.82, 2.24) is 4.90 Å². The molecule has 0 aromatic carbocycles. The molecule has 4 heteroatoms. The van der Waals surface area contributed by atoms with Crippen LogP contribution in [-0.2, 0) is 4.74 Å². The van der Waals surface area contributed by atoms with Crippen LogP contribution >= 0.6 is 0 Å². The van der Waals surface area contributed by atoms with Crippen LogP contribution in [0.15, 0.2) is 0 Å². The van der Waals surface area contributed by atoms with Crippen LogP contribution in [0.4, 0.5) is 4.79 Å². The molecule has 0 bridgehead atoms. The van der Waals surface area contributed by atoms with Gasteiger partial charge in [-0.25, -0.2) is 4.79 Å². The van der Waals surface area contributed by atoms with Gasteiger partial charge >= 0.3 is 6.09 Å². The topological polar surface area (TPSA) is 55.6 Å². The summed E-state index contributed by atoms with van der Waals surface area (Å²) in [6.07, 6.45) is 6.47. The molecule has 0 unspecified atom stereocenters. The van der Waals surface area contributed by atoms with Crippen molar-refractivity contribution in [3.05, 3.63) is 0 Å². The van der Waals surface area contributed by atoms with E-state index in [1.807, 2.05) is 25.7 Å². The van der Waals surface area contributed by atoms with Crippen LogP contribution in [0.1, 0.15) is 59.3 Å². The van der Waals surface area contributed by atoms with E-state index < -0.39 is 5.60 Å². The molecule has 4 nitrogen and oxygen atoms in total. The van der Waals surface area contributed by atoms with E-state index in [0.29, 0.717) is 12.6 Å². The Morgan fingerprint density at radius 2 is 1.89 bits per heavy atom. The first-order valence-electron chi connectivity index (χ1n) is 7.08. The van der Waals surface area contributed by atoms with Crippen molar-refractivity contribution in [2.24, 2.45) is 5.73 Å². The third-order valence-electron chi connectivity index (χ3n) is 3.77. The van der Waals surface area contributed by atoms with Crippen LogP contribution in [0.5, 0.6) is 0 Å². The van der Waals surface area contributed by atoms with Gasteiger partial charge < -0.3 is 15.4 Å². The molecule has 2 rings (SSSR count). The summed E-state index contributed by atoms with van der Waals surface area (Å²) in [7, 11) is 0. The van der Waals surface area contributed by atoms with Crippen molar-refractivity contribution >= 4 is 6.09 Å². The van der Waals surface area contributed by atoms with Crippen molar-refractivity contribution in [1.29, 1.82) is 0 Å². The van der Waals surface area contributed by atoms with Gasteiger partial charge in [-0.05, 0) is 46.5 Å². The van der Waals surface area contributed by atoms with Gasteiger partial charge in [-0.1, -0.05) is 12.8 Å². The Morgan fingerprint density at radius 3 is 2.33 bits per heavy atom. The largest absolute Gasteiger partial charge is 0.444 e. The minimum absolute atomic E-state index is 0.139. The first kappa shape index (κ1) is 13.7. The average molecular weight is 254 g/mol. The lowest BCUT2D eigenvalue weighted by Gasteiger charge is -2.33. The summed E-state index contributed by atoms with van der Waals surface area (Å²) in [6.45, 7) is 6.39. The number of carbonyl (C=O) groups is 1. The van der Waals surface area contributed by atoms with Gasteiger partial charge in [0.05, 0.1) is 0 Å². The molecular formula is C14H26N2O2. The van der Waals surface area contributed by atoms with Crippen molar-refractivity contribution in [2.75, 3.05) is 6.54 Å². The molecule has 0 radical (unpaired) electrons. The van der Waals surface area contributed by atoms with Gasteiger partial charge in [-0.3, -0.25) is 0 Å². The standard InChI is InChI=1S/C14H26N2O2/c1-13(2,3)18-12(17)16(10-14(15)8-9-14)11-6-4-5-7-11/h11H,4-10,15H2,1-3H3. The quantitative estimate of drug-likeness (QED) is 0.842. The van der Waals surface area contributed by atoms with Crippen molar-refractivity contribution in [2.45, 2.75) is 76.5 Å². The second-order valence-electron chi connectivity index (χ2n) is 6.91. The first-order valence-corrected chi connectivity index (χ1v) is 7.08. The number of nitrogens with two attached hydrogens (primary N) is 1. The third kappa shape index (κ3) is 3.61. The highest BCUT2D eigenvalue weighted by Crippen LogP contribution is 2.35. The second kappa shape index (κ2) is 4.72. The zero-order chi connectivity index (χ0) is 13.4. The van der Waals surface area contributed by atoms with Gasteiger partial charge in [0.15, 0.2) is 0 Å². The molecule has 0 atom stereocenters. The van der Waals surface area contributed by atoms with Gasteiger partial charge in [-0.15, -0.1) is 0 Å². The van der Waals surface area contributed by atoms with E-state index in [-0.39, 0.29) is 11.6 Å². The summed E-state index contributed by atoms with van der Waals surface area (Å²) in [6, 6.07) is 0.334. The Hall–Kier alpha value is -0.770. The van der Waals surface area contributed by atoms with Crippen molar-refractivity contribution < 1.29 is 9.53 Å². The molecule has 1 amide bonds. The van der Waals surface area contributed by atoms with E-state index in [2.05, 4.69) is 0 Å². The van der Waals surface area contributed by atoms with Crippen LogP contribution < -0.4 is 5.73 Å². The maximum absolute atomic E-state index is 12.3. The van der Waals surface area contributed by atoms with E-state index in [1.165, 1.54) is 12.8 Å². The molecule has 2 saturated carbocycles. The zero-order valence-electron chi connectivity index (χ0n) is 11.9. The van der Waals surface area contributed by atoms with Crippen LogP contribution in [-0.4, -0.2) is 34.7 Å². The number of hydrogen-bond donors (Lipinski definition) is 1. The Morgan fingerprint density at radius 1 is 1.33 bits per heavy atom. The van der Waals surface area contributed by atoms with Crippen LogP contribution in [0.25, 0.3) is 0 Å². The van der Waals surface area contributed by atoms with Gasteiger partial charge in [-0.2, -0.15) is 0 Å². The fraction of sp³-hybridized carbons (Fsp3) is 0.929. The molecule has 104 valence electrons. The van der Waals surface area contributed by atoms with Crippen LogP contribution in [0.3, 0.4) is 0 Å². The van der Waals surface area contributed by atoms with E-state index in [0.717, 1.165) is 25.7 Å². The van der Waals surface area contributed by atoms with Gasteiger partial charge in [0.25, 0.3) is 0 Å². The number of hydrogen-bond acceptors (Lipinski definition) is 3. The summed E-state index contributed by atoms with van der Waals surface area (Å²) < 4.78 is 5.52. The van der Waals surface area contributed by atoms with Crippen LogP contribution in [0, 0.1) is 0 Å². The molecule has 18 heavy (non-hydrogen) atoms. The summed E-state index contributed by atoms with van der Waals surface area (Å²) in [5, 5.41) is 0. The molecular weight excluding hydrogens is 228 g/mol. The number of ether oxygens (including phenoxy) is 1. The van der Waals surface area contributed by atoms with E-state index in [9.17, 15) is 4.79 Å². The molecule has 0 aromatic rings. The molecule has 0 aliphatic heterocycles. The Labute approximate surface area is 110 Å². The normalized spacial score (nSPS) is 22.9. The summed E-state index contributed by atoms with van der Waals surface area (Å²) >= 11 is 0. The molecule has 0 aromatic heterocycles.